The summed E-state index contributed by atoms with van der Waals surface area (Å²) in [5.74, 6) is 5.87. The standard InChI is InChI=1S/C15H32O3.C11H22O3.C11H22O2.C10H22.C9H20.2CH4/c1-5-9-16-12-15(8-4,13-17-10-6-2)14-18-11-7-3;1-6-13-11-9(4)7(2)8(3)10(12-5)14-11;1-6-7(2)10-8(3)9(4)11(12-5)13-10;1-6-8(3)10(5)9(4)7-2;1-5-9(6-2,7-3)8-4;;/h5-14H2,1-4H3;7-11H,6H2,1-5H3;7-11H,6H2,1-5H3;8-10H,6-7H2,1-5H3;5-8H2,1-4H3;2*1H4. The van der Waals surface area contributed by atoms with Crippen LogP contribution in [-0.4, -0.2) is 85.4 Å². The lowest BCUT2D eigenvalue weighted by Gasteiger charge is -2.42. The summed E-state index contributed by atoms with van der Waals surface area (Å²) in [7, 11) is 3.42. The van der Waals surface area contributed by atoms with Crippen molar-refractivity contribution in [3.05, 3.63) is 0 Å². The minimum absolute atomic E-state index is 0. The molecule has 2 aliphatic rings. The Kier molecular flexibility index (Phi) is 50.4. The Labute approximate surface area is 416 Å². The van der Waals surface area contributed by atoms with Crippen LogP contribution in [0.5, 0.6) is 0 Å². The lowest BCUT2D eigenvalue weighted by atomic mass is 9.78. The Morgan fingerprint density at radius 3 is 1.06 bits per heavy atom. The molecule has 2 rings (SSSR count). The third kappa shape index (κ3) is 28.5. The van der Waals surface area contributed by atoms with Gasteiger partial charge in [-0.25, -0.2) is 0 Å². The molecule has 0 aromatic heterocycles. The van der Waals surface area contributed by atoms with Crippen molar-refractivity contribution in [1.82, 2.24) is 0 Å². The molecule has 2 fully saturated rings. The van der Waals surface area contributed by atoms with E-state index in [0.717, 1.165) is 83.1 Å². The molecular weight excluding hydrogens is 825 g/mol. The van der Waals surface area contributed by atoms with E-state index in [1.165, 1.54) is 44.9 Å². The van der Waals surface area contributed by atoms with Gasteiger partial charge in [-0.1, -0.05) is 198 Å². The maximum Gasteiger partial charge on any atom is 0.163 e. The maximum atomic E-state index is 5.87. The Hall–Kier alpha value is -0.320. The summed E-state index contributed by atoms with van der Waals surface area (Å²) < 4.78 is 45.0. The molecule has 8 heteroatoms. The molecule has 0 radical (unpaired) electrons. The highest BCUT2D eigenvalue weighted by molar-refractivity contribution is 4.84. The van der Waals surface area contributed by atoms with Crippen molar-refractivity contribution in [2.75, 3.05) is 60.5 Å². The summed E-state index contributed by atoms with van der Waals surface area (Å²) in [5.41, 5.74) is 0.694. The van der Waals surface area contributed by atoms with Gasteiger partial charge in [-0.05, 0) is 73.5 Å². The minimum atomic E-state index is -0.127. The van der Waals surface area contributed by atoms with E-state index in [4.69, 9.17) is 37.9 Å². The molecule has 2 heterocycles. The van der Waals surface area contributed by atoms with E-state index >= 15 is 0 Å². The predicted octanol–water partition coefficient (Wildman–Crippen LogP) is 17.2. The molecule has 0 aliphatic carbocycles. The van der Waals surface area contributed by atoms with Crippen LogP contribution in [-0.2, 0) is 37.9 Å². The topological polar surface area (TPSA) is 73.8 Å². The van der Waals surface area contributed by atoms with Crippen LogP contribution in [0.4, 0.5) is 0 Å². The smallest absolute Gasteiger partial charge is 0.163 e. The Morgan fingerprint density at radius 2 is 0.788 bits per heavy atom. The van der Waals surface area contributed by atoms with Crippen LogP contribution in [0.25, 0.3) is 0 Å². The number of methoxy groups -OCH3 is 2. The number of ether oxygens (including phenoxy) is 8. The van der Waals surface area contributed by atoms with Crippen LogP contribution >= 0.6 is 0 Å². The molecule has 0 aromatic rings. The molecule has 12 unspecified atom stereocenters. The van der Waals surface area contributed by atoms with Crippen LogP contribution < -0.4 is 0 Å². The first-order chi connectivity index (χ1) is 30.3. The fraction of sp³-hybridized carbons (Fsp3) is 1.00. The van der Waals surface area contributed by atoms with Gasteiger partial charge >= 0.3 is 0 Å². The number of hydrogen-bond donors (Lipinski definition) is 0. The average molecular weight is 952 g/mol. The van der Waals surface area contributed by atoms with Gasteiger partial charge < -0.3 is 37.9 Å². The van der Waals surface area contributed by atoms with Crippen molar-refractivity contribution < 1.29 is 37.9 Å². The van der Waals surface area contributed by atoms with Crippen molar-refractivity contribution in [1.29, 1.82) is 0 Å². The molecule has 0 aromatic carbocycles. The monoisotopic (exact) mass is 951 g/mol. The predicted molar refractivity (Wildman–Crippen MR) is 289 cm³/mol. The second kappa shape index (κ2) is 44.6. The van der Waals surface area contributed by atoms with Crippen molar-refractivity contribution in [2.45, 2.75) is 256 Å². The van der Waals surface area contributed by atoms with E-state index in [1.54, 1.807) is 14.2 Å². The van der Waals surface area contributed by atoms with E-state index in [-0.39, 0.29) is 39.1 Å². The number of rotatable bonds is 27. The molecule has 0 bridgehead atoms. The fourth-order valence-electron chi connectivity index (χ4n) is 8.62. The van der Waals surface area contributed by atoms with Gasteiger partial charge in [0.1, 0.15) is 0 Å². The molecule has 66 heavy (non-hydrogen) atoms. The molecule has 0 spiro atoms. The van der Waals surface area contributed by atoms with Crippen LogP contribution in [0.2, 0.25) is 0 Å². The first-order valence-electron chi connectivity index (χ1n) is 27.1. The van der Waals surface area contributed by atoms with Gasteiger partial charge in [0.15, 0.2) is 18.9 Å². The van der Waals surface area contributed by atoms with Gasteiger partial charge in [0.25, 0.3) is 0 Å². The largest absolute Gasteiger partial charge is 0.381 e. The third-order valence-corrected chi connectivity index (χ3v) is 16.0. The van der Waals surface area contributed by atoms with E-state index < -0.39 is 0 Å². The lowest BCUT2D eigenvalue weighted by Crippen LogP contribution is -2.46. The molecule has 0 N–H and O–H groups in total. The second-order valence-corrected chi connectivity index (χ2v) is 20.0. The molecule has 2 aliphatic heterocycles. The second-order valence-electron chi connectivity index (χ2n) is 20.0. The van der Waals surface area contributed by atoms with Crippen LogP contribution in [0.15, 0.2) is 0 Å². The Balaban J connectivity index is -0.000000238. The van der Waals surface area contributed by atoms with Crippen molar-refractivity contribution in [2.24, 2.45) is 64.1 Å². The molecule has 8 nitrogen and oxygen atoms in total. The summed E-state index contributed by atoms with van der Waals surface area (Å²) in [6.07, 6.45) is 13.6. The lowest BCUT2D eigenvalue weighted by molar-refractivity contribution is -0.307. The van der Waals surface area contributed by atoms with E-state index in [0.29, 0.717) is 53.6 Å². The Morgan fingerprint density at radius 1 is 0.439 bits per heavy atom. The normalized spacial score (nSPS) is 25.6. The molecule has 0 saturated carbocycles. The van der Waals surface area contributed by atoms with Gasteiger partial charge in [0.05, 0.1) is 25.9 Å². The van der Waals surface area contributed by atoms with E-state index in [2.05, 4.69) is 138 Å². The molecule has 0 amide bonds. The summed E-state index contributed by atoms with van der Waals surface area (Å²) in [5, 5.41) is 0. The summed E-state index contributed by atoms with van der Waals surface area (Å²) in [6.45, 7) is 52.3. The zero-order valence-corrected chi connectivity index (χ0v) is 47.5. The maximum absolute atomic E-state index is 5.87. The summed E-state index contributed by atoms with van der Waals surface area (Å²) in [4.78, 5) is 0. The Bertz CT molecular complexity index is 934. The molecule has 406 valence electrons. The van der Waals surface area contributed by atoms with Gasteiger partial charge in [-0.2, -0.15) is 0 Å². The van der Waals surface area contributed by atoms with Gasteiger partial charge in [-0.3, -0.25) is 0 Å². The van der Waals surface area contributed by atoms with Crippen LogP contribution in [0, 0.1) is 64.1 Å². The zero-order chi connectivity index (χ0) is 49.9. The van der Waals surface area contributed by atoms with Crippen molar-refractivity contribution in [3.63, 3.8) is 0 Å². The van der Waals surface area contributed by atoms with Gasteiger partial charge in [0, 0.05) is 63.8 Å². The summed E-state index contributed by atoms with van der Waals surface area (Å²) >= 11 is 0. The van der Waals surface area contributed by atoms with E-state index in [9.17, 15) is 0 Å². The van der Waals surface area contributed by atoms with Crippen molar-refractivity contribution >= 4 is 0 Å². The SMILES string of the molecule is C.C.CCC(C)C(C)C(C)CC.CCC(C)C1OC(OC)C(C)C1C.CCC(CC)(CC)CC.CCCOCC(CC)(COCCC)COCCC.CCOC1OC(OC)C(C)C(C)C1C. The number of hydrogen-bond acceptors (Lipinski definition) is 8. The van der Waals surface area contributed by atoms with Gasteiger partial charge in [0.2, 0.25) is 0 Å². The first-order valence-corrected chi connectivity index (χ1v) is 27.1. The average Bonchev–Trinajstić information content (AvgIpc) is 3.61. The summed E-state index contributed by atoms with van der Waals surface area (Å²) in [6, 6.07) is 0. The minimum Gasteiger partial charge on any atom is -0.381 e. The highest BCUT2D eigenvalue weighted by Gasteiger charge is 2.41. The van der Waals surface area contributed by atoms with Gasteiger partial charge in [-0.15, -0.1) is 0 Å². The highest BCUT2D eigenvalue weighted by Crippen LogP contribution is 2.38. The molecule has 12 atom stereocenters. The van der Waals surface area contributed by atoms with Crippen molar-refractivity contribution in [3.8, 4) is 0 Å². The molecule has 2 saturated heterocycles. The van der Waals surface area contributed by atoms with Crippen LogP contribution in [0.3, 0.4) is 0 Å². The highest BCUT2D eigenvalue weighted by atomic mass is 16.8. The fourth-order valence-corrected chi connectivity index (χ4v) is 8.62. The third-order valence-electron chi connectivity index (χ3n) is 16.0. The van der Waals surface area contributed by atoms with Crippen LogP contribution in [0.1, 0.15) is 231 Å². The quantitative estimate of drug-likeness (QED) is 0.0754. The van der Waals surface area contributed by atoms with E-state index in [1.807, 2.05) is 6.92 Å². The molecular formula is C58H126O8. The zero-order valence-electron chi connectivity index (χ0n) is 47.5. The first kappa shape index (κ1) is 74.6.